The second-order valence-corrected chi connectivity index (χ2v) is 1.59. The second-order valence-electron chi connectivity index (χ2n) is 1.59. The number of hydrogen-bond acceptors (Lipinski definition) is 2. The molecule has 0 radical (unpaired) electrons. The molecule has 10 heavy (non-hydrogen) atoms. The molecule has 0 saturated carbocycles. The molecule has 0 N–H and O–H groups in total. The molecule has 1 aromatic rings. The quantitative estimate of drug-likeness (QED) is 0.382. The number of nitrogens with zero attached hydrogens (tertiary/aromatic N) is 1. The summed E-state index contributed by atoms with van der Waals surface area (Å²) in [6.07, 6.45) is 0. The van der Waals surface area contributed by atoms with Crippen LogP contribution in [-0.2, 0) is 19.5 Å². The first kappa shape index (κ1) is 9.24. The summed E-state index contributed by atoms with van der Waals surface area (Å²) in [4.78, 5) is 9.59. The van der Waals surface area contributed by atoms with Crippen LogP contribution in [0, 0.1) is 10.1 Å². The van der Waals surface area contributed by atoms with Crippen molar-refractivity contribution in [3.05, 3.63) is 40.4 Å². The SMILES string of the molecule is O=[N+]([O-])c1ccccc1.[Zn]. The fraction of sp³-hybridized carbons (Fsp3) is 0. The minimum atomic E-state index is -0.417. The topological polar surface area (TPSA) is 43.1 Å². The molecule has 0 bridgehead atoms. The minimum Gasteiger partial charge on any atom is -0.258 e. The Bertz CT molecular complexity index is 212. The molecule has 0 spiro atoms. The Balaban J connectivity index is 0.000000810. The molecule has 0 atom stereocenters. The molecule has 0 aromatic heterocycles. The van der Waals surface area contributed by atoms with E-state index < -0.39 is 4.92 Å². The van der Waals surface area contributed by atoms with Gasteiger partial charge in [0.15, 0.2) is 0 Å². The maximum absolute atomic E-state index is 10.0. The number of hydrogen-bond donors (Lipinski definition) is 0. The molecular weight excluding hydrogens is 183 g/mol. The van der Waals surface area contributed by atoms with Crippen molar-refractivity contribution < 1.29 is 24.4 Å². The first-order valence-corrected chi connectivity index (χ1v) is 2.50. The molecule has 1 aromatic carbocycles. The third kappa shape index (κ3) is 2.23. The standard InChI is InChI=1S/C6H5NO2.Zn/c8-7(9)6-4-2-1-3-5-6;/h1-5H;. The minimum absolute atomic E-state index is 0. The van der Waals surface area contributed by atoms with Crippen LogP contribution in [0.1, 0.15) is 0 Å². The summed E-state index contributed by atoms with van der Waals surface area (Å²) in [5.41, 5.74) is 0.137. The number of rotatable bonds is 1. The average Bonchev–Trinajstić information content (AvgIpc) is 1.90. The maximum atomic E-state index is 10.0. The largest absolute Gasteiger partial charge is 0.269 e. The Labute approximate surface area is 71.0 Å². The van der Waals surface area contributed by atoms with Crippen molar-refractivity contribution in [2.45, 2.75) is 0 Å². The molecule has 0 heterocycles. The third-order valence-electron chi connectivity index (χ3n) is 0.967. The van der Waals surface area contributed by atoms with Crippen molar-refractivity contribution in [1.82, 2.24) is 0 Å². The number of para-hydroxylation sites is 1. The normalized spacial score (nSPS) is 8.00. The zero-order valence-corrected chi connectivity index (χ0v) is 8.32. The molecule has 0 amide bonds. The van der Waals surface area contributed by atoms with Gasteiger partial charge in [-0.05, 0) is 0 Å². The summed E-state index contributed by atoms with van der Waals surface area (Å²) >= 11 is 0. The van der Waals surface area contributed by atoms with Crippen LogP contribution in [0.15, 0.2) is 30.3 Å². The van der Waals surface area contributed by atoms with E-state index in [4.69, 9.17) is 0 Å². The molecular formula is C6H5NO2Zn. The summed E-state index contributed by atoms with van der Waals surface area (Å²) in [6.45, 7) is 0. The van der Waals surface area contributed by atoms with Crippen LogP contribution in [0.5, 0.6) is 0 Å². The summed E-state index contributed by atoms with van der Waals surface area (Å²) in [5.74, 6) is 0. The Morgan fingerprint density at radius 2 is 1.70 bits per heavy atom. The van der Waals surface area contributed by atoms with Gasteiger partial charge in [0.25, 0.3) is 5.69 Å². The first-order valence-electron chi connectivity index (χ1n) is 2.50. The fourth-order valence-electron chi connectivity index (χ4n) is 0.550. The van der Waals surface area contributed by atoms with Gasteiger partial charge in [-0.15, -0.1) is 0 Å². The summed E-state index contributed by atoms with van der Waals surface area (Å²) < 4.78 is 0. The van der Waals surface area contributed by atoms with Crippen LogP contribution >= 0.6 is 0 Å². The number of nitro groups is 1. The van der Waals surface area contributed by atoms with Gasteiger partial charge in [0, 0.05) is 31.6 Å². The van der Waals surface area contributed by atoms with Gasteiger partial charge in [0.05, 0.1) is 4.92 Å². The van der Waals surface area contributed by atoms with Gasteiger partial charge in [-0.3, -0.25) is 10.1 Å². The second kappa shape index (κ2) is 4.12. The van der Waals surface area contributed by atoms with Gasteiger partial charge in [-0.25, -0.2) is 0 Å². The van der Waals surface area contributed by atoms with Crippen LogP contribution in [0.4, 0.5) is 5.69 Å². The predicted octanol–water partition coefficient (Wildman–Crippen LogP) is 1.59. The maximum Gasteiger partial charge on any atom is 0.269 e. The van der Waals surface area contributed by atoms with Gasteiger partial charge >= 0.3 is 0 Å². The summed E-state index contributed by atoms with van der Waals surface area (Å²) in [5, 5.41) is 10.0. The number of nitro benzene ring substituents is 1. The first-order chi connectivity index (χ1) is 4.30. The molecule has 0 saturated heterocycles. The predicted molar refractivity (Wildman–Crippen MR) is 33.1 cm³/mol. The Kier molecular flexibility index (Phi) is 3.81. The van der Waals surface area contributed by atoms with Gasteiger partial charge < -0.3 is 0 Å². The Morgan fingerprint density at radius 3 is 2.00 bits per heavy atom. The molecule has 0 aliphatic rings. The molecule has 0 aliphatic carbocycles. The molecule has 0 fully saturated rings. The van der Waals surface area contributed by atoms with Crippen LogP contribution in [0.3, 0.4) is 0 Å². The summed E-state index contributed by atoms with van der Waals surface area (Å²) in [6, 6.07) is 7.93. The number of benzene rings is 1. The van der Waals surface area contributed by atoms with Crippen LogP contribution < -0.4 is 0 Å². The van der Waals surface area contributed by atoms with Crippen molar-refractivity contribution in [1.29, 1.82) is 0 Å². The molecule has 0 unspecified atom stereocenters. The molecule has 1 rings (SSSR count). The van der Waals surface area contributed by atoms with Gasteiger partial charge in [0.1, 0.15) is 0 Å². The smallest absolute Gasteiger partial charge is 0.258 e. The van der Waals surface area contributed by atoms with Crippen molar-refractivity contribution in [2.24, 2.45) is 0 Å². The van der Waals surface area contributed by atoms with E-state index in [1.807, 2.05) is 0 Å². The van der Waals surface area contributed by atoms with E-state index in [1.54, 1.807) is 18.2 Å². The zero-order valence-electron chi connectivity index (χ0n) is 5.36. The molecule has 48 valence electrons. The van der Waals surface area contributed by atoms with Crippen LogP contribution in [0.25, 0.3) is 0 Å². The molecule has 4 heteroatoms. The fourth-order valence-corrected chi connectivity index (χ4v) is 0.550. The van der Waals surface area contributed by atoms with E-state index in [-0.39, 0.29) is 25.2 Å². The van der Waals surface area contributed by atoms with Gasteiger partial charge in [0.2, 0.25) is 0 Å². The van der Waals surface area contributed by atoms with Crippen molar-refractivity contribution in [2.75, 3.05) is 0 Å². The van der Waals surface area contributed by atoms with Crippen molar-refractivity contribution in [3.8, 4) is 0 Å². The zero-order chi connectivity index (χ0) is 6.69. The monoisotopic (exact) mass is 187 g/mol. The Hall–Kier alpha value is -0.757. The van der Waals surface area contributed by atoms with Crippen LogP contribution in [-0.4, -0.2) is 4.92 Å². The average molecular weight is 189 g/mol. The van der Waals surface area contributed by atoms with E-state index in [2.05, 4.69) is 0 Å². The molecule has 3 nitrogen and oxygen atoms in total. The van der Waals surface area contributed by atoms with E-state index in [9.17, 15) is 10.1 Å². The Morgan fingerprint density at radius 1 is 1.20 bits per heavy atom. The number of non-ortho nitro benzene ring substituents is 1. The molecule has 0 aliphatic heterocycles. The summed E-state index contributed by atoms with van der Waals surface area (Å²) in [7, 11) is 0. The third-order valence-corrected chi connectivity index (χ3v) is 0.967. The van der Waals surface area contributed by atoms with E-state index >= 15 is 0 Å². The van der Waals surface area contributed by atoms with E-state index in [0.29, 0.717) is 0 Å². The van der Waals surface area contributed by atoms with Gasteiger partial charge in [-0.1, -0.05) is 18.2 Å². The van der Waals surface area contributed by atoms with E-state index in [0.717, 1.165) is 0 Å². The van der Waals surface area contributed by atoms with Crippen molar-refractivity contribution >= 4 is 5.69 Å². The van der Waals surface area contributed by atoms with Gasteiger partial charge in [-0.2, -0.15) is 0 Å². The van der Waals surface area contributed by atoms with E-state index in [1.165, 1.54) is 12.1 Å². The van der Waals surface area contributed by atoms with Crippen molar-refractivity contribution in [3.63, 3.8) is 0 Å². The van der Waals surface area contributed by atoms with Crippen LogP contribution in [0.2, 0.25) is 0 Å².